The third-order valence-electron chi connectivity index (χ3n) is 2.36. The normalized spacial score (nSPS) is 13.5. The second-order valence-corrected chi connectivity index (χ2v) is 3.86. The van der Waals surface area contributed by atoms with Gasteiger partial charge >= 0.3 is 0 Å². The highest BCUT2D eigenvalue weighted by molar-refractivity contribution is 5.50. The van der Waals surface area contributed by atoms with Crippen LogP contribution in [0.15, 0.2) is 36.4 Å². The van der Waals surface area contributed by atoms with Gasteiger partial charge in [-0.15, -0.1) is 0 Å². The van der Waals surface area contributed by atoms with Gasteiger partial charge in [0.1, 0.15) is 12.2 Å². The van der Waals surface area contributed by atoms with E-state index >= 15 is 0 Å². The van der Waals surface area contributed by atoms with Crippen molar-refractivity contribution in [1.29, 1.82) is 0 Å². The van der Waals surface area contributed by atoms with E-state index in [9.17, 15) is 4.79 Å². The third-order valence-corrected chi connectivity index (χ3v) is 2.36. The first-order valence-corrected chi connectivity index (χ1v) is 5.41. The summed E-state index contributed by atoms with van der Waals surface area (Å²) in [5, 5.41) is 8.79. The number of para-hydroxylation sites is 2. The van der Waals surface area contributed by atoms with Gasteiger partial charge in [0.05, 0.1) is 0 Å². The van der Waals surface area contributed by atoms with Crippen molar-refractivity contribution in [2.45, 2.75) is 26.1 Å². The highest BCUT2D eigenvalue weighted by Gasteiger charge is 2.22. The van der Waals surface area contributed by atoms with Gasteiger partial charge in [0.2, 0.25) is 0 Å². The summed E-state index contributed by atoms with van der Waals surface area (Å²) >= 11 is 0. The van der Waals surface area contributed by atoms with Gasteiger partial charge in [-0.05, 0) is 31.6 Å². The Bertz CT molecular complexity index is 416. The zero-order valence-electron chi connectivity index (χ0n) is 10.3. The van der Waals surface area contributed by atoms with Crippen molar-refractivity contribution in [3.8, 4) is 11.5 Å². The molecule has 1 aromatic rings. The Balaban J connectivity index is 2.83. The Labute approximate surface area is 106 Å². The summed E-state index contributed by atoms with van der Waals surface area (Å²) in [6.45, 7) is 7.45. The van der Waals surface area contributed by atoms with Crippen molar-refractivity contribution in [3.05, 3.63) is 36.4 Å². The molecular formula is C13H16O5. The molecule has 0 aliphatic heterocycles. The monoisotopic (exact) mass is 252 g/mol. The van der Waals surface area contributed by atoms with Crippen LogP contribution < -0.4 is 9.47 Å². The number of carbonyl (C=O) groups excluding carboxylic acids is 1. The van der Waals surface area contributed by atoms with Crippen LogP contribution >= 0.6 is 0 Å². The van der Waals surface area contributed by atoms with E-state index in [1.165, 1.54) is 0 Å². The zero-order chi connectivity index (χ0) is 13.5. The lowest BCUT2D eigenvalue weighted by Gasteiger charge is -2.23. The van der Waals surface area contributed by atoms with E-state index in [1.54, 1.807) is 38.1 Å². The fraction of sp³-hybridized carbons (Fsp3) is 0.308. The molecule has 18 heavy (non-hydrogen) atoms. The Hall–Kier alpha value is -1.85. The molecule has 0 spiro atoms. The summed E-state index contributed by atoms with van der Waals surface area (Å²) in [6, 6.07) is 6.72. The van der Waals surface area contributed by atoms with Gasteiger partial charge in [-0.3, -0.25) is 10.1 Å². The van der Waals surface area contributed by atoms with Crippen LogP contribution in [0.4, 0.5) is 0 Å². The van der Waals surface area contributed by atoms with E-state index in [-0.39, 0.29) is 0 Å². The van der Waals surface area contributed by atoms with Gasteiger partial charge in [-0.1, -0.05) is 18.7 Å². The maximum Gasteiger partial charge on any atom is 0.298 e. The molecule has 0 bridgehead atoms. The molecule has 0 heterocycles. The Morgan fingerprint density at radius 1 is 1.39 bits per heavy atom. The lowest BCUT2D eigenvalue weighted by molar-refractivity contribution is -0.282. The first kappa shape index (κ1) is 14.2. The smallest absolute Gasteiger partial charge is 0.298 e. The maximum atomic E-state index is 10.4. The lowest BCUT2D eigenvalue weighted by atomic mass is 10.1. The minimum Gasteiger partial charge on any atom is -0.484 e. The predicted molar refractivity (Wildman–Crippen MR) is 65.5 cm³/mol. The molecule has 2 atom stereocenters. The lowest BCUT2D eigenvalue weighted by Crippen LogP contribution is -2.31. The van der Waals surface area contributed by atoms with E-state index in [1.807, 2.05) is 0 Å². The van der Waals surface area contributed by atoms with Crippen LogP contribution in [-0.4, -0.2) is 23.9 Å². The van der Waals surface area contributed by atoms with Crippen LogP contribution in [0.5, 0.6) is 11.5 Å². The van der Waals surface area contributed by atoms with Gasteiger partial charge < -0.3 is 9.47 Å². The van der Waals surface area contributed by atoms with Crippen molar-refractivity contribution >= 4 is 6.47 Å². The minimum atomic E-state index is -0.658. The predicted octanol–water partition coefficient (Wildman–Crippen LogP) is 2.42. The average Bonchev–Trinajstić information content (AvgIpc) is 2.32. The van der Waals surface area contributed by atoms with Crippen LogP contribution in [0.3, 0.4) is 0 Å². The zero-order valence-corrected chi connectivity index (χ0v) is 10.3. The highest BCUT2D eigenvalue weighted by atomic mass is 17.1. The summed E-state index contributed by atoms with van der Waals surface area (Å²) in [7, 11) is 0. The summed E-state index contributed by atoms with van der Waals surface area (Å²) in [5.41, 5.74) is 0.624. The van der Waals surface area contributed by atoms with Crippen LogP contribution in [-0.2, 0) is 9.68 Å². The molecule has 5 heteroatoms. The van der Waals surface area contributed by atoms with Gasteiger partial charge in [-0.25, -0.2) is 4.89 Å². The Morgan fingerprint density at radius 3 is 2.50 bits per heavy atom. The number of ether oxygens (including phenoxy) is 2. The largest absolute Gasteiger partial charge is 0.484 e. The van der Waals surface area contributed by atoms with Gasteiger partial charge in [-0.2, -0.15) is 0 Å². The van der Waals surface area contributed by atoms with Crippen molar-refractivity contribution in [3.63, 3.8) is 0 Å². The quantitative estimate of drug-likeness (QED) is 0.349. The summed E-state index contributed by atoms with van der Waals surface area (Å²) < 4.78 is 10.4. The number of rotatable bonds is 7. The fourth-order valence-electron chi connectivity index (χ4n) is 1.54. The van der Waals surface area contributed by atoms with E-state index < -0.39 is 12.2 Å². The minimum absolute atomic E-state index is 0.303. The molecule has 5 nitrogen and oxygen atoms in total. The van der Waals surface area contributed by atoms with E-state index in [0.29, 0.717) is 23.5 Å². The molecule has 1 aromatic carbocycles. The molecule has 0 aliphatic carbocycles. The molecule has 0 radical (unpaired) electrons. The molecule has 0 aliphatic rings. The van der Waals surface area contributed by atoms with Crippen molar-refractivity contribution in [2.75, 3.05) is 0 Å². The molecule has 2 unspecified atom stereocenters. The molecule has 98 valence electrons. The Kier molecular flexibility index (Phi) is 5.35. The van der Waals surface area contributed by atoms with Crippen molar-refractivity contribution in [1.82, 2.24) is 0 Å². The molecule has 0 fully saturated rings. The number of hydrogen-bond donors (Lipinski definition) is 1. The van der Waals surface area contributed by atoms with Gasteiger partial charge in [0.15, 0.2) is 11.5 Å². The molecule has 0 saturated heterocycles. The molecule has 0 saturated carbocycles. The maximum absolute atomic E-state index is 10.4. The van der Waals surface area contributed by atoms with E-state index in [2.05, 4.69) is 11.5 Å². The third kappa shape index (κ3) is 3.58. The van der Waals surface area contributed by atoms with Gasteiger partial charge in [0.25, 0.3) is 6.47 Å². The van der Waals surface area contributed by atoms with Gasteiger partial charge in [0, 0.05) is 0 Å². The second-order valence-electron chi connectivity index (χ2n) is 3.86. The number of benzene rings is 1. The fourth-order valence-corrected chi connectivity index (χ4v) is 1.54. The standard InChI is InChI=1S/C13H16O5/c1-9(2)13(18-15)10(3)17-12-7-5-4-6-11(12)16-8-14/h4-8,10,13,15H,1H2,2-3H3. The highest BCUT2D eigenvalue weighted by Crippen LogP contribution is 2.28. The summed E-state index contributed by atoms with van der Waals surface area (Å²) in [6.07, 6.45) is -1.14. The van der Waals surface area contributed by atoms with E-state index in [4.69, 9.17) is 14.7 Å². The molecule has 0 aromatic heterocycles. The van der Waals surface area contributed by atoms with Crippen LogP contribution in [0.1, 0.15) is 13.8 Å². The van der Waals surface area contributed by atoms with Crippen molar-refractivity contribution < 1.29 is 24.4 Å². The second kappa shape index (κ2) is 6.78. The topological polar surface area (TPSA) is 65.0 Å². The van der Waals surface area contributed by atoms with E-state index in [0.717, 1.165) is 0 Å². The average molecular weight is 252 g/mol. The Morgan fingerprint density at radius 2 is 2.00 bits per heavy atom. The van der Waals surface area contributed by atoms with Crippen molar-refractivity contribution in [2.24, 2.45) is 0 Å². The van der Waals surface area contributed by atoms with Crippen LogP contribution in [0.2, 0.25) is 0 Å². The summed E-state index contributed by atoms with van der Waals surface area (Å²) in [5.74, 6) is 0.693. The summed E-state index contributed by atoms with van der Waals surface area (Å²) in [4.78, 5) is 14.7. The van der Waals surface area contributed by atoms with Crippen LogP contribution in [0.25, 0.3) is 0 Å². The first-order chi connectivity index (χ1) is 8.60. The molecular weight excluding hydrogens is 236 g/mol. The SMILES string of the molecule is C=C(C)C(OO)C(C)Oc1ccccc1OC=O. The number of carbonyl (C=O) groups is 1. The molecule has 1 N–H and O–H groups in total. The molecule has 0 amide bonds. The number of hydrogen-bond acceptors (Lipinski definition) is 5. The first-order valence-electron chi connectivity index (χ1n) is 5.41. The molecule has 1 rings (SSSR count). The van der Waals surface area contributed by atoms with Crippen LogP contribution in [0, 0.1) is 0 Å².